The van der Waals surface area contributed by atoms with Crippen molar-refractivity contribution in [3.8, 4) is 0 Å². The van der Waals surface area contributed by atoms with Crippen LogP contribution in [0, 0.1) is 5.92 Å². The maximum atomic E-state index is 12.6. The van der Waals surface area contributed by atoms with E-state index < -0.39 is 19.9 Å². The van der Waals surface area contributed by atoms with Crippen molar-refractivity contribution < 1.29 is 18.7 Å². The molecule has 1 saturated carbocycles. The molecular formula is C28H35N5O5Si. The van der Waals surface area contributed by atoms with Gasteiger partial charge in [0.15, 0.2) is 5.58 Å². The lowest BCUT2D eigenvalue weighted by molar-refractivity contribution is -0.120. The van der Waals surface area contributed by atoms with Gasteiger partial charge in [-0.2, -0.15) is 0 Å². The van der Waals surface area contributed by atoms with Crippen LogP contribution in [0.15, 0.2) is 67.4 Å². The number of carbonyl (C=O) groups excluding carboxylic acids is 1. The van der Waals surface area contributed by atoms with Crippen LogP contribution < -0.4 is 16.8 Å². The monoisotopic (exact) mass is 549 g/mol. The van der Waals surface area contributed by atoms with E-state index in [0.717, 1.165) is 60.2 Å². The van der Waals surface area contributed by atoms with Crippen molar-refractivity contribution in [2.45, 2.75) is 57.7 Å². The summed E-state index contributed by atoms with van der Waals surface area (Å²) in [5, 5.41) is 3.35. The highest BCUT2D eigenvalue weighted by molar-refractivity contribution is 6.76. The first kappa shape index (κ1) is 25.7. The van der Waals surface area contributed by atoms with Crippen LogP contribution in [-0.4, -0.2) is 55.1 Å². The van der Waals surface area contributed by atoms with E-state index in [2.05, 4.69) is 29.9 Å². The molecule has 2 aromatic rings. The van der Waals surface area contributed by atoms with E-state index in [4.69, 9.17) is 24.6 Å². The number of nitrogens with one attached hydrogen (secondary N) is 1. The highest BCUT2D eigenvalue weighted by Gasteiger charge is 2.39. The number of hydrogen-bond acceptors (Lipinski definition) is 8. The number of aromatic nitrogens is 1. The molecular weight excluding hydrogens is 514 g/mol. The van der Waals surface area contributed by atoms with Crippen LogP contribution in [0.25, 0.3) is 11.1 Å². The molecule has 4 aliphatic rings. The molecule has 0 spiro atoms. The Morgan fingerprint density at radius 2 is 2.13 bits per heavy atom. The summed E-state index contributed by atoms with van der Waals surface area (Å²) in [5.41, 5.74) is 11.6. The number of carbonyl (C=O) groups is 1. The summed E-state index contributed by atoms with van der Waals surface area (Å²) in [6.45, 7) is 8.88. The second-order valence-corrected chi connectivity index (χ2v) is 17.5. The van der Waals surface area contributed by atoms with Crippen molar-refractivity contribution in [1.82, 2.24) is 14.8 Å². The number of nitrogens with two attached hydrogens (primary N) is 1. The van der Waals surface area contributed by atoms with E-state index >= 15 is 0 Å². The van der Waals surface area contributed by atoms with Gasteiger partial charge in [-0.1, -0.05) is 19.6 Å². The molecule has 0 bridgehead atoms. The fourth-order valence-electron chi connectivity index (χ4n) is 5.32. The number of amides is 1. The van der Waals surface area contributed by atoms with Gasteiger partial charge in [0.25, 0.3) is 0 Å². The van der Waals surface area contributed by atoms with Gasteiger partial charge in [0.05, 0.1) is 16.9 Å². The maximum absolute atomic E-state index is 12.6. The number of amidine groups is 1. The van der Waals surface area contributed by atoms with Gasteiger partial charge < -0.3 is 29.8 Å². The van der Waals surface area contributed by atoms with E-state index in [9.17, 15) is 9.59 Å². The largest absolute Gasteiger partial charge is 0.495 e. The molecule has 4 heterocycles. The SMILES string of the molecule is C[Si](C)(C)CCOCn1c(=O)oc2ccc(C3=NC=C4C(NC(C(N)=O)C5CC5)=COCC5=C4N3CC5)cc21. The first-order valence-electron chi connectivity index (χ1n) is 13.6. The highest BCUT2D eigenvalue weighted by Crippen LogP contribution is 2.39. The molecule has 1 amide bonds. The number of nitrogens with zero attached hydrogens (tertiary/aromatic N) is 3. The van der Waals surface area contributed by atoms with Crippen molar-refractivity contribution in [3.05, 3.63) is 69.3 Å². The molecule has 1 aliphatic carbocycles. The number of ether oxygens (including phenoxy) is 2. The minimum atomic E-state index is -1.23. The lowest BCUT2D eigenvalue weighted by Crippen LogP contribution is -2.43. The third-order valence-corrected chi connectivity index (χ3v) is 9.38. The zero-order valence-electron chi connectivity index (χ0n) is 22.7. The summed E-state index contributed by atoms with van der Waals surface area (Å²) >= 11 is 0. The molecule has 6 rings (SSSR count). The zero-order valence-corrected chi connectivity index (χ0v) is 23.7. The van der Waals surface area contributed by atoms with Crippen LogP contribution in [0.2, 0.25) is 25.7 Å². The second-order valence-electron chi connectivity index (χ2n) is 11.9. The quantitative estimate of drug-likeness (QED) is 0.344. The Balaban J connectivity index is 1.31. The smallest absolute Gasteiger partial charge is 0.421 e. The Bertz CT molecular complexity index is 1500. The van der Waals surface area contributed by atoms with Gasteiger partial charge in [-0.3, -0.25) is 4.79 Å². The van der Waals surface area contributed by atoms with E-state index in [0.29, 0.717) is 24.3 Å². The molecule has 1 atom stereocenters. The standard InChI is InChI=1S/C28H35N5O5Si/c1-39(2,3)11-10-36-16-33-22-12-18(6-7-23(22)38-28(33)35)27-30-13-20-21(31-24(26(29)34)17-4-5-17)15-37-14-19-8-9-32(27)25(19)20/h6-7,12-13,15,17,24,31H,4-5,8-11,14,16H2,1-3H3,(H2,29,34). The predicted octanol–water partition coefficient (Wildman–Crippen LogP) is 3.24. The van der Waals surface area contributed by atoms with Gasteiger partial charge in [0.2, 0.25) is 5.91 Å². The molecule has 0 saturated heterocycles. The van der Waals surface area contributed by atoms with Crippen molar-refractivity contribution in [3.63, 3.8) is 0 Å². The summed E-state index contributed by atoms with van der Waals surface area (Å²) in [7, 11) is -1.23. The maximum Gasteiger partial charge on any atom is 0.421 e. The molecule has 0 radical (unpaired) electrons. The van der Waals surface area contributed by atoms with Gasteiger partial charge in [0, 0.05) is 38.6 Å². The third-order valence-electron chi connectivity index (χ3n) is 7.67. The Hall–Kier alpha value is -3.57. The number of oxazole rings is 1. The van der Waals surface area contributed by atoms with Gasteiger partial charge in [0.1, 0.15) is 31.5 Å². The number of aliphatic imine (C=N–C) groups is 1. The van der Waals surface area contributed by atoms with Gasteiger partial charge in [-0.25, -0.2) is 14.4 Å². The summed E-state index contributed by atoms with van der Waals surface area (Å²) in [6.07, 6.45) is 6.33. The molecule has 3 N–H and O–H groups in total. The molecule has 1 unspecified atom stereocenters. The van der Waals surface area contributed by atoms with Crippen LogP contribution in [-0.2, 0) is 21.0 Å². The van der Waals surface area contributed by atoms with Crippen molar-refractivity contribution in [2.75, 3.05) is 19.8 Å². The number of primary amides is 1. The van der Waals surface area contributed by atoms with Crippen LogP contribution in [0.5, 0.6) is 0 Å². The summed E-state index contributed by atoms with van der Waals surface area (Å²) in [6, 6.07) is 6.27. The second kappa shape index (κ2) is 9.87. The zero-order chi connectivity index (χ0) is 27.3. The molecule has 206 valence electrons. The predicted molar refractivity (Wildman–Crippen MR) is 150 cm³/mol. The van der Waals surface area contributed by atoms with Crippen LogP contribution in [0.1, 0.15) is 24.8 Å². The van der Waals surface area contributed by atoms with Gasteiger partial charge >= 0.3 is 5.76 Å². The fraction of sp³-hybridized carbons (Fsp3) is 0.464. The highest BCUT2D eigenvalue weighted by atomic mass is 28.3. The Kier molecular flexibility index (Phi) is 6.50. The summed E-state index contributed by atoms with van der Waals surface area (Å²) < 4.78 is 18.8. The van der Waals surface area contributed by atoms with Crippen molar-refractivity contribution in [2.24, 2.45) is 16.6 Å². The van der Waals surface area contributed by atoms with E-state index in [-0.39, 0.29) is 18.6 Å². The summed E-state index contributed by atoms with van der Waals surface area (Å²) in [4.78, 5) is 31.8. The lowest BCUT2D eigenvalue weighted by atomic mass is 10.0. The van der Waals surface area contributed by atoms with Crippen LogP contribution in [0.4, 0.5) is 0 Å². The van der Waals surface area contributed by atoms with Gasteiger partial charge in [-0.05, 0) is 55.0 Å². The van der Waals surface area contributed by atoms with Crippen LogP contribution >= 0.6 is 0 Å². The number of hydrogen-bond donors (Lipinski definition) is 2. The molecule has 11 heteroatoms. The Morgan fingerprint density at radius 3 is 2.87 bits per heavy atom. The van der Waals surface area contributed by atoms with Crippen molar-refractivity contribution in [1.29, 1.82) is 0 Å². The number of fused-ring (bicyclic) bond motifs is 1. The van der Waals surface area contributed by atoms with Crippen molar-refractivity contribution >= 4 is 30.9 Å². The normalized spacial score (nSPS) is 19.7. The minimum absolute atomic E-state index is 0.147. The van der Waals surface area contributed by atoms with E-state index in [1.165, 1.54) is 10.1 Å². The Morgan fingerprint density at radius 1 is 1.31 bits per heavy atom. The van der Waals surface area contributed by atoms with E-state index in [1.807, 2.05) is 24.4 Å². The first-order chi connectivity index (χ1) is 18.7. The number of rotatable bonds is 10. The third kappa shape index (κ3) is 5.08. The summed E-state index contributed by atoms with van der Waals surface area (Å²) in [5.74, 6) is 0.252. The molecule has 10 nitrogen and oxygen atoms in total. The number of benzene rings is 1. The van der Waals surface area contributed by atoms with Crippen LogP contribution in [0.3, 0.4) is 0 Å². The Labute approximate surface area is 227 Å². The average Bonchev–Trinajstić information content (AvgIpc) is 3.59. The molecule has 1 aromatic carbocycles. The lowest BCUT2D eigenvalue weighted by Gasteiger charge is -2.30. The molecule has 39 heavy (non-hydrogen) atoms. The first-order valence-corrected chi connectivity index (χ1v) is 17.3. The average molecular weight is 550 g/mol. The minimum Gasteiger partial charge on any atom is -0.495 e. The molecule has 1 aromatic heterocycles. The topological polar surface area (TPSA) is 124 Å². The molecule has 1 fully saturated rings. The fourth-order valence-corrected chi connectivity index (χ4v) is 6.07. The van der Waals surface area contributed by atoms with Gasteiger partial charge in [-0.15, -0.1) is 0 Å². The molecule has 3 aliphatic heterocycles. The van der Waals surface area contributed by atoms with E-state index in [1.54, 1.807) is 6.26 Å².